The highest BCUT2D eigenvalue weighted by atomic mass is 16.2. The van der Waals surface area contributed by atoms with E-state index in [1.807, 2.05) is 0 Å². The number of carbonyl (C=O) groups is 2. The van der Waals surface area contributed by atoms with Crippen LogP contribution >= 0.6 is 0 Å². The molecule has 0 unspecified atom stereocenters. The summed E-state index contributed by atoms with van der Waals surface area (Å²) in [7, 11) is 0. The number of nitrogens with zero attached hydrogens (tertiary/aromatic N) is 2. The number of carbonyl (C=O) groups excluding carboxylic acids is 2. The first-order valence-corrected chi connectivity index (χ1v) is 7.66. The van der Waals surface area contributed by atoms with E-state index in [1.165, 1.54) is 6.42 Å². The van der Waals surface area contributed by atoms with E-state index in [-0.39, 0.29) is 23.8 Å². The highest BCUT2D eigenvalue weighted by molar-refractivity contribution is 5.94. The Morgan fingerprint density at radius 3 is 2.71 bits per heavy atom. The maximum Gasteiger partial charge on any atom is 0.269 e. The van der Waals surface area contributed by atoms with E-state index in [4.69, 9.17) is 0 Å². The van der Waals surface area contributed by atoms with Gasteiger partial charge in [0, 0.05) is 25.6 Å². The first-order valence-electron chi connectivity index (χ1n) is 7.66. The highest BCUT2D eigenvalue weighted by Crippen LogP contribution is 2.37. The van der Waals surface area contributed by atoms with Crippen molar-refractivity contribution in [2.75, 3.05) is 13.1 Å². The first kappa shape index (κ1) is 14.1. The summed E-state index contributed by atoms with van der Waals surface area (Å²) in [4.78, 5) is 25.7. The lowest BCUT2D eigenvalue weighted by molar-refractivity contribution is -0.127. The monoisotopic (exact) mass is 290 g/mol. The van der Waals surface area contributed by atoms with Crippen molar-refractivity contribution in [1.29, 1.82) is 0 Å². The molecule has 21 heavy (non-hydrogen) atoms. The van der Waals surface area contributed by atoms with E-state index >= 15 is 0 Å². The minimum Gasteiger partial charge on any atom is -0.346 e. The summed E-state index contributed by atoms with van der Waals surface area (Å²) in [6.07, 6.45) is 5.28. The van der Waals surface area contributed by atoms with Gasteiger partial charge in [-0.15, -0.1) is 0 Å². The standard InChI is InChI=1S/C15H22N4O2/c1-9-7-19(10(2)20)8-13(9)17-15(21)14-12(6-16-18-14)11-4-3-5-11/h6,9,11,13H,3-5,7-8H2,1-2H3,(H,16,18)(H,17,21)/t9-,13+/m0/s1. The molecule has 6 nitrogen and oxygen atoms in total. The molecule has 2 N–H and O–H groups in total. The molecule has 2 fully saturated rings. The zero-order valence-corrected chi connectivity index (χ0v) is 12.6. The summed E-state index contributed by atoms with van der Waals surface area (Å²) in [6, 6.07) is 0.0129. The van der Waals surface area contributed by atoms with Crippen LogP contribution in [0.15, 0.2) is 6.20 Å². The third-order valence-electron chi connectivity index (χ3n) is 4.81. The van der Waals surface area contributed by atoms with Gasteiger partial charge in [-0.3, -0.25) is 14.7 Å². The smallest absolute Gasteiger partial charge is 0.269 e. The number of likely N-dealkylation sites (tertiary alicyclic amines) is 1. The van der Waals surface area contributed by atoms with Gasteiger partial charge in [0.1, 0.15) is 5.69 Å². The zero-order valence-electron chi connectivity index (χ0n) is 12.6. The molecule has 1 aromatic rings. The van der Waals surface area contributed by atoms with Crippen molar-refractivity contribution in [2.24, 2.45) is 5.92 Å². The Morgan fingerprint density at radius 2 is 2.14 bits per heavy atom. The van der Waals surface area contributed by atoms with Gasteiger partial charge in [-0.05, 0) is 24.7 Å². The van der Waals surface area contributed by atoms with E-state index < -0.39 is 0 Å². The lowest BCUT2D eigenvalue weighted by atomic mass is 9.80. The predicted molar refractivity (Wildman–Crippen MR) is 77.9 cm³/mol. The summed E-state index contributed by atoms with van der Waals surface area (Å²) >= 11 is 0. The summed E-state index contributed by atoms with van der Waals surface area (Å²) in [5.41, 5.74) is 1.63. The van der Waals surface area contributed by atoms with Gasteiger partial charge in [0.2, 0.25) is 5.91 Å². The molecule has 1 saturated heterocycles. The van der Waals surface area contributed by atoms with Gasteiger partial charge >= 0.3 is 0 Å². The Hall–Kier alpha value is -1.85. The van der Waals surface area contributed by atoms with Crippen molar-refractivity contribution >= 4 is 11.8 Å². The van der Waals surface area contributed by atoms with Crippen molar-refractivity contribution < 1.29 is 9.59 Å². The van der Waals surface area contributed by atoms with Crippen LogP contribution in [-0.4, -0.2) is 46.0 Å². The fourth-order valence-corrected chi connectivity index (χ4v) is 3.16. The second-order valence-corrected chi connectivity index (χ2v) is 6.31. The fraction of sp³-hybridized carbons (Fsp3) is 0.667. The molecule has 1 aromatic heterocycles. The minimum atomic E-state index is -0.100. The number of H-pyrrole nitrogens is 1. The summed E-state index contributed by atoms with van der Waals surface area (Å²) in [5.74, 6) is 0.707. The lowest BCUT2D eigenvalue weighted by Crippen LogP contribution is -2.40. The van der Waals surface area contributed by atoms with Gasteiger partial charge < -0.3 is 10.2 Å². The van der Waals surface area contributed by atoms with Crippen LogP contribution in [0.2, 0.25) is 0 Å². The number of nitrogens with one attached hydrogen (secondary N) is 2. The normalized spacial score (nSPS) is 25.7. The van der Waals surface area contributed by atoms with Crippen LogP contribution in [0.5, 0.6) is 0 Å². The van der Waals surface area contributed by atoms with Crippen molar-refractivity contribution in [3.8, 4) is 0 Å². The maximum atomic E-state index is 12.5. The van der Waals surface area contributed by atoms with Gasteiger partial charge in [-0.1, -0.05) is 13.3 Å². The zero-order chi connectivity index (χ0) is 15.0. The van der Waals surface area contributed by atoms with Crippen LogP contribution in [0.3, 0.4) is 0 Å². The van der Waals surface area contributed by atoms with Crippen molar-refractivity contribution in [1.82, 2.24) is 20.4 Å². The Balaban J connectivity index is 1.66. The SMILES string of the molecule is CC(=O)N1C[C@H](C)[C@H](NC(=O)c2[nH]ncc2C2CCC2)C1. The molecule has 1 aliphatic heterocycles. The second kappa shape index (κ2) is 5.50. The lowest BCUT2D eigenvalue weighted by Gasteiger charge is -2.25. The summed E-state index contributed by atoms with van der Waals surface area (Å²) in [6.45, 7) is 4.93. The first-order chi connectivity index (χ1) is 10.1. The maximum absolute atomic E-state index is 12.5. The quantitative estimate of drug-likeness (QED) is 0.880. The molecular formula is C15H22N4O2. The fourth-order valence-electron chi connectivity index (χ4n) is 3.16. The molecule has 2 heterocycles. The molecule has 2 amide bonds. The van der Waals surface area contributed by atoms with Crippen LogP contribution in [-0.2, 0) is 4.79 Å². The number of hydrogen-bond acceptors (Lipinski definition) is 3. The molecule has 0 aromatic carbocycles. The van der Waals surface area contributed by atoms with Gasteiger partial charge in [-0.25, -0.2) is 0 Å². The average molecular weight is 290 g/mol. The number of amides is 2. The molecular weight excluding hydrogens is 268 g/mol. The third-order valence-corrected chi connectivity index (χ3v) is 4.81. The van der Waals surface area contributed by atoms with Crippen LogP contribution in [0, 0.1) is 5.92 Å². The second-order valence-electron chi connectivity index (χ2n) is 6.31. The molecule has 0 spiro atoms. The molecule has 2 aliphatic rings. The van der Waals surface area contributed by atoms with E-state index in [1.54, 1.807) is 18.0 Å². The Morgan fingerprint density at radius 1 is 1.38 bits per heavy atom. The molecule has 6 heteroatoms. The predicted octanol–water partition coefficient (Wildman–Crippen LogP) is 1.27. The Kier molecular flexibility index (Phi) is 3.69. The molecule has 1 aliphatic carbocycles. The van der Waals surface area contributed by atoms with Gasteiger partial charge in [0.15, 0.2) is 0 Å². The topological polar surface area (TPSA) is 78.1 Å². The minimum absolute atomic E-state index is 0.0129. The summed E-state index contributed by atoms with van der Waals surface area (Å²) in [5, 5.41) is 9.92. The average Bonchev–Trinajstić information content (AvgIpc) is 2.95. The molecule has 3 rings (SSSR count). The van der Waals surface area contributed by atoms with E-state index in [9.17, 15) is 9.59 Å². The van der Waals surface area contributed by atoms with Crippen molar-refractivity contribution in [3.63, 3.8) is 0 Å². The van der Waals surface area contributed by atoms with Crippen LogP contribution < -0.4 is 5.32 Å². The third kappa shape index (κ3) is 2.66. The van der Waals surface area contributed by atoms with Crippen LogP contribution in [0.25, 0.3) is 0 Å². The van der Waals surface area contributed by atoms with Gasteiger partial charge in [0.25, 0.3) is 5.91 Å². The highest BCUT2D eigenvalue weighted by Gasteiger charge is 2.33. The number of rotatable bonds is 3. The van der Waals surface area contributed by atoms with Crippen LogP contribution in [0.1, 0.15) is 55.1 Å². The number of aromatic amines is 1. The van der Waals surface area contributed by atoms with E-state index in [2.05, 4.69) is 22.4 Å². The van der Waals surface area contributed by atoms with Gasteiger partial charge in [0.05, 0.1) is 12.2 Å². The van der Waals surface area contributed by atoms with Gasteiger partial charge in [-0.2, -0.15) is 5.10 Å². The molecule has 0 radical (unpaired) electrons. The molecule has 114 valence electrons. The summed E-state index contributed by atoms with van der Waals surface area (Å²) < 4.78 is 0. The van der Waals surface area contributed by atoms with E-state index in [0.717, 1.165) is 18.4 Å². The van der Waals surface area contributed by atoms with Crippen LogP contribution in [0.4, 0.5) is 0 Å². The molecule has 0 bridgehead atoms. The van der Waals surface area contributed by atoms with Crippen molar-refractivity contribution in [2.45, 2.75) is 45.1 Å². The molecule has 1 saturated carbocycles. The number of aromatic nitrogens is 2. The van der Waals surface area contributed by atoms with E-state index in [0.29, 0.717) is 24.7 Å². The Labute approximate surface area is 124 Å². The largest absolute Gasteiger partial charge is 0.346 e. The Bertz CT molecular complexity index is 550. The van der Waals surface area contributed by atoms with Crippen molar-refractivity contribution in [3.05, 3.63) is 17.5 Å². The number of hydrogen-bond donors (Lipinski definition) is 2. The molecule has 2 atom stereocenters.